The first-order valence-corrected chi connectivity index (χ1v) is 5.77. The van der Waals surface area contributed by atoms with Crippen molar-refractivity contribution in [1.29, 1.82) is 0 Å². The molecule has 3 nitrogen and oxygen atoms in total. The monoisotopic (exact) mass is 219 g/mol. The van der Waals surface area contributed by atoms with E-state index < -0.39 is 0 Å². The van der Waals surface area contributed by atoms with Gasteiger partial charge in [0.2, 0.25) is 5.91 Å². The van der Waals surface area contributed by atoms with Crippen molar-refractivity contribution in [3.63, 3.8) is 0 Å². The van der Waals surface area contributed by atoms with E-state index in [1.165, 1.54) is 5.56 Å². The second-order valence-corrected chi connectivity index (χ2v) is 4.06. The fourth-order valence-electron chi connectivity index (χ4n) is 1.93. The van der Waals surface area contributed by atoms with E-state index in [1.807, 2.05) is 24.3 Å². The van der Waals surface area contributed by atoms with Gasteiger partial charge in [0.25, 0.3) is 0 Å². The summed E-state index contributed by atoms with van der Waals surface area (Å²) in [6, 6.07) is 7.93. The molecule has 1 amide bonds. The second kappa shape index (κ2) is 5.12. The Hall–Kier alpha value is -1.35. The van der Waals surface area contributed by atoms with Gasteiger partial charge in [0, 0.05) is 12.3 Å². The van der Waals surface area contributed by atoms with Gasteiger partial charge in [-0.15, -0.1) is 0 Å². The maximum absolute atomic E-state index is 11.9. The zero-order valence-corrected chi connectivity index (χ0v) is 9.53. The Bertz CT molecular complexity index is 370. The molecule has 0 aliphatic carbocycles. The van der Waals surface area contributed by atoms with E-state index >= 15 is 0 Å². The van der Waals surface area contributed by atoms with E-state index in [0.29, 0.717) is 13.2 Å². The SMILES string of the molecule is CCc1ccccc1NC(=O)C1CCOC1. The highest BCUT2D eigenvalue weighted by Gasteiger charge is 2.23. The average molecular weight is 219 g/mol. The number of benzene rings is 1. The van der Waals surface area contributed by atoms with Crippen molar-refractivity contribution in [2.45, 2.75) is 19.8 Å². The molecule has 1 aromatic rings. The van der Waals surface area contributed by atoms with Crippen LogP contribution in [0.4, 0.5) is 5.69 Å². The number of carbonyl (C=O) groups excluding carboxylic acids is 1. The standard InChI is InChI=1S/C13H17NO2/c1-2-10-5-3-4-6-12(10)14-13(15)11-7-8-16-9-11/h3-6,11H,2,7-9H2,1H3,(H,14,15). The van der Waals surface area contributed by atoms with Crippen molar-refractivity contribution in [1.82, 2.24) is 0 Å². The highest BCUT2D eigenvalue weighted by molar-refractivity contribution is 5.93. The summed E-state index contributed by atoms with van der Waals surface area (Å²) in [4.78, 5) is 11.9. The van der Waals surface area contributed by atoms with Crippen LogP contribution >= 0.6 is 0 Å². The van der Waals surface area contributed by atoms with Crippen LogP contribution in [0.5, 0.6) is 0 Å². The lowest BCUT2D eigenvalue weighted by Crippen LogP contribution is -2.23. The Kier molecular flexibility index (Phi) is 3.57. The van der Waals surface area contributed by atoms with Crippen LogP contribution in [0.15, 0.2) is 24.3 Å². The summed E-state index contributed by atoms with van der Waals surface area (Å²) in [7, 11) is 0. The van der Waals surface area contributed by atoms with E-state index in [4.69, 9.17) is 4.74 Å². The van der Waals surface area contributed by atoms with Crippen LogP contribution in [-0.2, 0) is 16.0 Å². The smallest absolute Gasteiger partial charge is 0.229 e. The summed E-state index contributed by atoms with van der Waals surface area (Å²) in [6.07, 6.45) is 1.76. The summed E-state index contributed by atoms with van der Waals surface area (Å²) < 4.78 is 5.21. The molecule has 1 aliphatic heterocycles. The highest BCUT2D eigenvalue weighted by Crippen LogP contribution is 2.19. The maximum Gasteiger partial charge on any atom is 0.229 e. The number of para-hydroxylation sites is 1. The molecule has 0 radical (unpaired) electrons. The molecule has 0 spiro atoms. The fourth-order valence-corrected chi connectivity index (χ4v) is 1.93. The van der Waals surface area contributed by atoms with Crippen molar-refractivity contribution in [2.24, 2.45) is 5.92 Å². The molecule has 1 heterocycles. The summed E-state index contributed by atoms with van der Waals surface area (Å²) in [5.41, 5.74) is 2.11. The van der Waals surface area contributed by atoms with Crippen molar-refractivity contribution in [3.8, 4) is 0 Å². The van der Waals surface area contributed by atoms with Gasteiger partial charge < -0.3 is 10.1 Å². The number of anilines is 1. The predicted octanol–water partition coefficient (Wildman–Crippen LogP) is 2.22. The van der Waals surface area contributed by atoms with Crippen LogP contribution in [0.2, 0.25) is 0 Å². The largest absolute Gasteiger partial charge is 0.381 e. The van der Waals surface area contributed by atoms with Gasteiger partial charge in [-0.3, -0.25) is 4.79 Å². The van der Waals surface area contributed by atoms with E-state index in [-0.39, 0.29) is 11.8 Å². The molecule has 1 N–H and O–H groups in total. The lowest BCUT2D eigenvalue weighted by Gasteiger charge is -2.12. The zero-order chi connectivity index (χ0) is 11.4. The third-order valence-corrected chi connectivity index (χ3v) is 2.96. The summed E-state index contributed by atoms with van der Waals surface area (Å²) >= 11 is 0. The third kappa shape index (κ3) is 2.42. The highest BCUT2D eigenvalue weighted by atomic mass is 16.5. The Balaban J connectivity index is 2.05. The van der Waals surface area contributed by atoms with E-state index in [2.05, 4.69) is 12.2 Å². The minimum absolute atomic E-state index is 0.0184. The van der Waals surface area contributed by atoms with Gasteiger partial charge >= 0.3 is 0 Å². The Morgan fingerprint density at radius 1 is 1.50 bits per heavy atom. The first-order valence-electron chi connectivity index (χ1n) is 5.77. The van der Waals surface area contributed by atoms with Crippen LogP contribution in [-0.4, -0.2) is 19.1 Å². The van der Waals surface area contributed by atoms with Crippen molar-refractivity contribution in [2.75, 3.05) is 18.5 Å². The van der Waals surface area contributed by atoms with Gasteiger partial charge in [0.15, 0.2) is 0 Å². The van der Waals surface area contributed by atoms with E-state index in [9.17, 15) is 4.79 Å². The number of ether oxygens (including phenoxy) is 1. The van der Waals surface area contributed by atoms with Crippen LogP contribution in [0.3, 0.4) is 0 Å². The Labute approximate surface area is 95.8 Å². The van der Waals surface area contributed by atoms with Gasteiger partial charge in [-0.25, -0.2) is 0 Å². The van der Waals surface area contributed by atoms with Crippen LogP contribution in [0.25, 0.3) is 0 Å². The summed E-state index contributed by atoms with van der Waals surface area (Å²) in [6.45, 7) is 3.34. The number of nitrogens with one attached hydrogen (secondary N) is 1. The molecule has 1 atom stereocenters. The lowest BCUT2D eigenvalue weighted by atomic mass is 10.1. The number of hydrogen-bond donors (Lipinski definition) is 1. The van der Waals surface area contributed by atoms with E-state index in [1.54, 1.807) is 0 Å². The number of rotatable bonds is 3. The van der Waals surface area contributed by atoms with Gasteiger partial charge in [-0.1, -0.05) is 25.1 Å². The summed E-state index contributed by atoms with van der Waals surface area (Å²) in [5, 5.41) is 2.98. The van der Waals surface area contributed by atoms with Crippen LogP contribution < -0.4 is 5.32 Å². The van der Waals surface area contributed by atoms with Crippen molar-refractivity contribution < 1.29 is 9.53 Å². The van der Waals surface area contributed by atoms with Gasteiger partial charge in [0.1, 0.15) is 0 Å². The predicted molar refractivity (Wildman–Crippen MR) is 63.4 cm³/mol. The van der Waals surface area contributed by atoms with Gasteiger partial charge in [-0.2, -0.15) is 0 Å². The van der Waals surface area contributed by atoms with Gasteiger partial charge in [-0.05, 0) is 24.5 Å². The molecule has 1 saturated heterocycles. The summed E-state index contributed by atoms with van der Waals surface area (Å²) in [5.74, 6) is 0.100. The zero-order valence-electron chi connectivity index (χ0n) is 9.53. The molecule has 0 saturated carbocycles. The van der Waals surface area contributed by atoms with Crippen molar-refractivity contribution >= 4 is 11.6 Å². The van der Waals surface area contributed by atoms with Gasteiger partial charge in [0.05, 0.1) is 12.5 Å². The maximum atomic E-state index is 11.9. The molecular formula is C13H17NO2. The minimum Gasteiger partial charge on any atom is -0.381 e. The average Bonchev–Trinajstić information content (AvgIpc) is 2.83. The molecule has 1 aromatic carbocycles. The van der Waals surface area contributed by atoms with E-state index in [0.717, 1.165) is 18.5 Å². The molecule has 1 unspecified atom stereocenters. The molecular weight excluding hydrogens is 202 g/mol. The minimum atomic E-state index is 0.0184. The number of hydrogen-bond acceptors (Lipinski definition) is 2. The van der Waals surface area contributed by atoms with Crippen molar-refractivity contribution in [3.05, 3.63) is 29.8 Å². The Morgan fingerprint density at radius 2 is 2.31 bits per heavy atom. The quantitative estimate of drug-likeness (QED) is 0.846. The molecule has 16 heavy (non-hydrogen) atoms. The normalized spacial score (nSPS) is 19.7. The second-order valence-electron chi connectivity index (χ2n) is 4.06. The van der Waals surface area contributed by atoms with Crippen LogP contribution in [0.1, 0.15) is 18.9 Å². The Morgan fingerprint density at radius 3 is 3.00 bits per heavy atom. The fraction of sp³-hybridized carbons (Fsp3) is 0.462. The first kappa shape index (κ1) is 11.1. The first-order chi connectivity index (χ1) is 7.81. The molecule has 2 rings (SSSR count). The number of aryl methyl sites for hydroxylation is 1. The molecule has 1 aliphatic rings. The number of amides is 1. The third-order valence-electron chi connectivity index (χ3n) is 2.96. The molecule has 0 bridgehead atoms. The van der Waals surface area contributed by atoms with Crippen LogP contribution in [0, 0.1) is 5.92 Å². The molecule has 1 fully saturated rings. The molecule has 86 valence electrons. The topological polar surface area (TPSA) is 38.3 Å². The molecule has 0 aromatic heterocycles. The molecule has 3 heteroatoms. The number of carbonyl (C=O) groups is 1. The lowest BCUT2D eigenvalue weighted by molar-refractivity contribution is -0.119.